The van der Waals surface area contributed by atoms with E-state index in [4.69, 9.17) is 9.47 Å². The van der Waals surface area contributed by atoms with Crippen LogP contribution >= 0.6 is 0 Å². The predicted octanol–water partition coefficient (Wildman–Crippen LogP) is -0.524. The Balaban J connectivity index is 1.64. The van der Waals surface area contributed by atoms with Crippen molar-refractivity contribution in [2.75, 3.05) is 79.2 Å². The topological polar surface area (TPSA) is 57.3 Å². The molecular formula is C17H34N4O3. The van der Waals surface area contributed by atoms with E-state index in [0.29, 0.717) is 31.8 Å². The second kappa shape index (κ2) is 10.3. The quantitative estimate of drug-likeness (QED) is 0.599. The third kappa shape index (κ3) is 6.29. The lowest BCUT2D eigenvalue weighted by Gasteiger charge is -2.40. The van der Waals surface area contributed by atoms with Crippen molar-refractivity contribution in [3.63, 3.8) is 0 Å². The third-order valence-corrected chi connectivity index (χ3v) is 4.85. The molecule has 0 aromatic rings. The Hall–Kier alpha value is -0.730. The molecule has 24 heavy (non-hydrogen) atoms. The van der Waals surface area contributed by atoms with Gasteiger partial charge < -0.3 is 19.7 Å². The van der Waals surface area contributed by atoms with Gasteiger partial charge in [0.25, 0.3) is 0 Å². The molecule has 2 aliphatic rings. The predicted molar refractivity (Wildman–Crippen MR) is 94.2 cm³/mol. The molecule has 0 saturated carbocycles. The minimum absolute atomic E-state index is 0.186. The van der Waals surface area contributed by atoms with E-state index >= 15 is 0 Å². The normalized spacial score (nSPS) is 23.8. The Morgan fingerprint density at radius 3 is 2.67 bits per heavy atom. The summed E-state index contributed by atoms with van der Waals surface area (Å²) in [6, 6.07) is 0.580. The Morgan fingerprint density at radius 1 is 1.25 bits per heavy atom. The maximum atomic E-state index is 12.1. The van der Waals surface area contributed by atoms with Crippen LogP contribution in [0.15, 0.2) is 0 Å². The van der Waals surface area contributed by atoms with Gasteiger partial charge in [-0.2, -0.15) is 0 Å². The number of methoxy groups -OCH3 is 1. The molecule has 7 nitrogen and oxygen atoms in total. The van der Waals surface area contributed by atoms with Crippen LogP contribution < -0.4 is 5.32 Å². The lowest BCUT2D eigenvalue weighted by molar-refractivity contribution is -0.132. The first-order chi connectivity index (χ1) is 11.6. The van der Waals surface area contributed by atoms with Crippen molar-refractivity contribution in [1.29, 1.82) is 0 Å². The van der Waals surface area contributed by atoms with E-state index in [1.165, 1.54) is 0 Å². The molecule has 1 N–H and O–H groups in total. The number of ether oxygens (including phenoxy) is 2. The number of carbonyl (C=O) groups excluding carboxylic acids is 1. The van der Waals surface area contributed by atoms with Gasteiger partial charge in [-0.15, -0.1) is 0 Å². The van der Waals surface area contributed by atoms with Crippen molar-refractivity contribution in [2.45, 2.75) is 26.0 Å². The van der Waals surface area contributed by atoms with Crippen LogP contribution in [0.2, 0.25) is 0 Å². The van der Waals surface area contributed by atoms with E-state index < -0.39 is 0 Å². The molecule has 0 spiro atoms. The van der Waals surface area contributed by atoms with Gasteiger partial charge in [0.1, 0.15) is 0 Å². The third-order valence-electron chi connectivity index (χ3n) is 4.85. The SMILES string of the molecule is COCCNCC(=O)N1CCN(CC2CN(C(C)C)CCO2)CC1. The van der Waals surface area contributed by atoms with Crippen molar-refractivity contribution in [3.05, 3.63) is 0 Å². The van der Waals surface area contributed by atoms with Crippen molar-refractivity contribution in [3.8, 4) is 0 Å². The molecule has 0 aromatic heterocycles. The smallest absolute Gasteiger partial charge is 0.236 e. The van der Waals surface area contributed by atoms with E-state index in [9.17, 15) is 4.79 Å². The molecule has 2 heterocycles. The zero-order valence-electron chi connectivity index (χ0n) is 15.5. The Kier molecular flexibility index (Phi) is 8.41. The maximum Gasteiger partial charge on any atom is 0.236 e. The molecule has 1 amide bonds. The summed E-state index contributed by atoms with van der Waals surface area (Å²) in [5, 5.41) is 3.12. The second-order valence-corrected chi connectivity index (χ2v) is 6.93. The number of morpholine rings is 1. The van der Waals surface area contributed by atoms with Crippen LogP contribution in [0.5, 0.6) is 0 Å². The number of carbonyl (C=O) groups is 1. The van der Waals surface area contributed by atoms with Crippen molar-refractivity contribution in [1.82, 2.24) is 20.0 Å². The molecule has 0 aromatic carbocycles. The summed E-state index contributed by atoms with van der Waals surface area (Å²) in [7, 11) is 1.67. The van der Waals surface area contributed by atoms with Gasteiger partial charge in [-0.25, -0.2) is 0 Å². The summed E-state index contributed by atoms with van der Waals surface area (Å²) in [6.07, 6.45) is 0.291. The Morgan fingerprint density at radius 2 is 2.00 bits per heavy atom. The molecule has 140 valence electrons. The van der Waals surface area contributed by atoms with Gasteiger partial charge >= 0.3 is 0 Å². The number of nitrogens with one attached hydrogen (secondary N) is 1. The van der Waals surface area contributed by atoms with Crippen LogP contribution in [0, 0.1) is 0 Å². The van der Waals surface area contributed by atoms with Crippen LogP contribution in [0.25, 0.3) is 0 Å². The highest BCUT2D eigenvalue weighted by Gasteiger charge is 2.26. The molecule has 2 saturated heterocycles. The highest BCUT2D eigenvalue weighted by Crippen LogP contribution is 2.11. The molecular weight excluding hydrogens is 308 g/mol. The number of hydrogen-bond acceptors (Lipinski definition) is 6. The van der Waals surface area contributed by atoms with Gasteiger partial charge in [0.15, 0.2) is 0 Å². The summed E-state index contributed by atoms with van der Waals surface area (Å²) in [4.78, 5) is 19.0. The average Bonchev–Trinajstić information content (AvgIpc) is 2.59. The van der Waals surface area contributed by atoms with Crippen molar-refractivity contribution < 1.29 is 14.3 Å². The number of hydrogen-bond donors (Lipinski definition) is 1. The van der Waals surface area contributed by atoms with Crippen LogP contribution in [-0.2, 0) is 14.3 Å². The molecule has 0 bridgehead atoms. The molecule has 7 heteroatoms. The van der Waals surface area contributed by atoms with Crippen molar-refractivity contribution in [2.24, 2.45) is 0 Å². The summed E-state index contributed by atoms with van der Waals surface area (Å²) in [5.41, 5.74) is 0. The molecule has 2 fully saturated rings. The van der Waals surface area contributed by atoms with Crippen molar-refractivity contribution >= 4 is 5.91 Å². The summed E-state index contributed by atoms with van der Waals surface area (Å²) >= 11 is 0. The minimum atomic E-state index is 0.186. The summed E-state index contributed by atoms with van der Waals surface area (Å²) < 4.78 is 10.9. The lowest BCUT2D eigenvalue weighted by Crippen LogP contribution is -2.55. The van der Waals surface area contributed by atoms with Gasteiger partial charge in [-0.05, 0) is 13.8 Å². The lowest BCUT2D eigenvalue weighted by atomic mass is 10.2. The fraction of sp³-hybridized carbons (Fsp3) is 0.941. The Bertz CT molecular complexity index is 373. The highest BCUT2D eigenvalue weighted by atomic mass is 16.5. The molecule has 1 unspecified atom stereocenters. The largest absolute Gasteiger partial charge is 0.383 e. The van der Waals surface area contributed by atoms with Crippen LogP contribution in [-0.4, -0.2) is 112 Å². The van der Waals surface area contributed by atoms with Gasteiger partial charge in [0.2, 0.25) is 5.91 Å². The molecule has 0 radical (unpaired) electrons. The van der Waals surface area contributed by atoms with Crippen LogP contribution in [0.3, 0.4) is 0 Å². The van der Waals surface area contributed by atoms with E-state index in [0.717, 1.165) is 52.4 Å². The zero-order valence-corrected chi connectivity index (χ0v) is 15.5. The molecule has 2 rings (SSSR count). The van der Waals surface area contributed by atoms with E-state index in [-0.39, 0.29) is 5.91 Å². The number of rotatable bonds is 8. The zero-order chi connectivity index (χ0) is 17.4. The van der Waals surface area contributed by atoms with Crippen LogP contribution in [0.1, 0.15) is 13.8 Å². The Labute approximate surface area is 146 Å². The fourth-order valence-electron chi connectivity index (χ4n) is 3.27. The first-order valence-electron chi connectivity index (χ1n) is 9.15. The average molecular weight is 342 g/mol. The number of nitrogens with zero attached hydrogens (tertiary/aromatic N) is 3. The van der Waals surface area contributed by atoms with E-state index in [2.05, 4.69) is 29.0 Å². The van der Waals surface area contributed by atoms with Crippen LogP contribution in [0.4, 0.5) is 0 Å². The fourth-order valence-corrected chi connectivity index (χ4v) is 3.27. The molecule has 0 aliphatic carbocycles. The minimum Gasteiger partial charge on any atom is -0.383 e. The van der Waals surface area contributed by atoms with Gasteiger partial charge in [-0.1, -0.05) is 0 Å². The number of piperazine rings is 1. The van der Waals surface area contributed by atoms with E-state index in [1.807, 2.05) is 4.90 Å². The highest BCUT2D eigenvalue weighted by molar-refractivity contribution is 5.78. The second-order valence-electron chi connectivity index (χ2n) is 6.93. The first kappa shape index (κ1) is 19.6. The first-order valence-corrected chi connectivity index (χ1v) is 9.15. The molecule has 2 aliphatic heterocycles. The standard InChI is InChI=1S/C17H34N4O3/c1-15(2)21-9-11-24-16(14-21)13-19-5-7-20(8-6-19)17(22)12-18-4-10-23-3/h15-16,18H,4-14H2,1-3H3. The van der Waals surface area contributed by atoms with Gasteiger partial charge in [-0.3, -0.25) is 14.6 Å². The summed E-state index contributed by atoms with van der Waals surface area (Å²) in [6.45, 7) is 13.6. The maximum absolute atomic E-state index is 12.1. The monoisotopic (exact) mass is 342 g/mol. The van der Waals surface area contributed by atoms with E-state index in [1.54, 1.807) is 7.11 Å². The summed E-state index contributed by atoms with van der Waals surface area (Å²) in [5.74, 6) is 0.186. The number of amides is 1. The molecule has 1 atom stereocenters. The van der Waals surface area contributed by atoms with Gasteiger partial charge in [0, 0.05) is 65.5 Å². The van der Waals surface area contributed by atoms with Gasteiger partial charge in [0.05, 0.1) is 25.9 Å².